The lowest BCUT2D eigenvalue weighted by Crippen LogP contribution is -2.31. The second-order valence-electron chi connectivity index (χ2n) is 5.01. The summed E-state index contributed by atoms with van der Waals surface area (Å²) >= 11 is 5.18. The van der Waals surface area contributed by atoms with Gasteiger partial charge in [0.1, 0.15) is 0 Å². The van der Waals surface area contributed by atoms with E-state index in [1.54, 1.807) is 18.2 Å². The Hall–Kier alpha value is -1.34. The lowest BCUT2D eigenvalue weighted by atomic mass is 10.2. The summed E-state index contributed by atoms with van der Waals surface area (Å²) in [5.41, 5.74) is 1.34. The molecule has 1 rings (SSSR count). The predicted molar refractivity (Wildman–Crippen MR) is 88.8 cm³/mol. The molecule has 0 heterocycles. The molecule has 2 N–H and O–H groups in total. The number of benzene rings is 1. The van der Waals surface area contributed by atoms with Gasteiger partial charge in [0.05, 0.1) is 11.9 Å². The van der Waals surface area contributed by atoms with Crippen LogP contribution in [-0.4, -0.2) is 33.4 Å². The van der Waals surface area contributed by atoms with E-state index in [4.69, 9.17) is 12.2 Å². The number of sulfonamides is 1. The van der Waals surface area contributed by atoms with Crippen molar-refractivity contribution >= 4 is 38.7 Å². The van der Waals surface area contributed by atoms with Crippen LogP contribution in [0.5, 0.6) is 0 Å². The second kappa shape index (κ2) is 6.90. The normalized spacial score (nSPS) is 11.2. The van der Waals surface area contributed by atoms with Crippen molar-refractivity contribution in [2.45, 2.75) is 13.8 Å². The Bertz CT molecular complexity index is 571. The molecule has 1 aromatic rings. The molecule has 0 spiro atoms. The van der Waals surface area contributed by atoms with Crippen molar-refractivity contribution < 1.29 is 8.42 Å². The Balaban J connectivity index is 2.76. The monoisotopic (exact) mass is 315 g/mol. The highest BCUT2D eigenvalue weighted by molar-refractivity contribution is 7.92. The summed E-state index contributed by atoms with van der Waals surface area (Å²) in [5, 5.41) is 6.67. The third-order valence-corrected chi connectivity index (χ3v) is 4.09. The smallest absolute Gasteiger partial charge is 0.231 e. The van der Waals surface area contributed by atoms with Gasteiger partial charge in [-0.05, 0) is 36.3 Å². The van der Waals surface area contributed by atoms with E-state index in [9.17, 15) is 8.42 Å². The molecule has 5 nitrogen and oxygen atoms in total. The average molecular weight is 315 g/mol. The first-order valence-electron chi connectivity index (χ1n) is 6.29. The van der Waals surface area contributed by atoms with Crippen LogP contribution in [0.3, 0.4) is 0 Å². The molecule has 7 heteroatoms. The fourth-order valence-corrected chi connectivity index (χ4v) is 2.14. The van der Waals surface area contributed by atoms with E-state index in [1.807, 2.05) is 6.07 Å². The zero-order chi connectivity index (χ0) is 15.3. The minimum absolute atomic E-state index is 0.498. The molecule has 112 valence electrons. The molecule has 0 aliphatic rings. The van der Waals surface area contributed by atoms with Crippen LogP contribution >= 0.6 is 12.2 Å². The maximum atomic E-state index is 11.5. The summed E-state index contributed by atoms with van der Waals surface area (Å²) in [7, 11) is -1.75. The molecule has 0 bridgehead atoms. The minimum atomic E-state index is -3.27. The number of anilines is 2. The first-order chi connectivity index (χ1) is 9.20. The maximum Gasteiger partial charge on any atom is 0.231 e. The summed E-state index contributed by atoms with van der Waals surface area (Å²) in [6, 6.07) is 7.09. The van der Waals surface area contributed by atoms with Crippen molar-refractivity contribution in [3.05, 3.63) is 24.3 Å². The molecule has 0 amide bonds. The largest absolute Gasteiger partial charge is 0.362 e. The van der Waals surface area contributed by atoms with Crippen molar-refractivity contribution in [3.63, 3.8) is 0 Å². The number of hydrogen-bond acceptors (Lipinski definition) is 3. The Kier molecular flexibility index (Phi) is 5.76. The highest BCUT2D eigenvalue weighted by Gasteiger charge is 2.12. The van der Waals surface area contributed by atoms with Crippen LogP contribution in [0.25, 0.3) is 0 Å². The van der Waals surface area contributed by atoms with Gasteiger partial charge in [-0.2, -0.15) is 0 Å². The molecule has 0 saturated heterocycles. The van der Waals surface area contributed by atoms with Crippen molar-refractivity contribution in [3.8, 4) is 0 Å². The maximum absolute atomic E-state index is 11.5. The van der Waals surface area contributed by atoms with Gasteiger partial charge in [0.2, 0.25) is 10.0 Å². The van der Waals surface area contributed by atoms with E-state index in [-0.39, 0.29) is 0 Å². The summed E-state index contributed by atoms with van der Waals surface area (Å²) in [5.74, 6) is 0.498. The summed E-state index contributed by atoms with van der Waals surface area (Å²) in [4.78, 5) is 0. The molecule has 0 aromatic heterocycles. The average Bonchev–Trinajstić information content (AvgIpc) is 2.34. The first-order valence-corrected chi connectivity index (χ1v) is 8.54. The van der Waals surface area contributed by atoms with E-state index in [1.165, 1.54) is 17.6 Å². The van der Waals surface area contributed by atoms with Gasteiger partial charge in [-0.3, -0.25) is 4.31 Å². The zero-order valence-corrected chi connectivity index (χ0v) is 13.8. The molecule has 20 heavy (non-hydrogen) atoms. The van der Waals surface area contributed by atoms with Gasteiger partial charge in [0.15, 0.2) is 5.11 Å². The molecule has 0 radical (unpaired) electrons. The van der Waals surface area contributed by atoms with Crippen molar-refractivity contribution in [2.75, 3.05) is 29.5 Å². The van der Waals surface area contributed by atoms with Crippen LogP contribution in [0, 0.1) is 5.92 Å². The number of hydrogen-bond donors (Lipinski definition) is 2. The van der Waals surface area contributed by atoms with Gasteiger partial charge in [-0.25, -0.2) is 8.42 Å². The third kappa shape index (κ3) is 5.34. The van der Waals surface area contributed by atoms with Crippen LogP contribution in [0.1, 0.15) is 13.8 Å². The lowest BCUT2D eigenvalue weighted by Gasteiger charge is -2.18. The van der Waals surface area contributed by atoms with Crippen LogP contribution in [0.15, 0.2) is 24.3 Å². The van der Waals surface area contributed by atoms with Crippen molar-refractivity contribution in [1.29, 1.82) is 0 Å². The van der Waals surface area contributed by atoms with Gasteiger partial charge >= 0.3 is 0 Å². The quantitative estimate of drug-likeness (QED) is 0.814. The number of thiocarbonyl (C=S) groups is 1. The SMILES string of the molecule is CC(C)CNC(=S)Nc1cccc(N(C)S(C)(=O)=O)c1. The molecular formula is C13H21N3O2S2. The van der Waals surface area contributed by atoms with Crippen molar-refractivity contribution in [2.24, 2.45) is 5.92 Å². The fourth-order valence-electron chi connectivity index (χ4n) is 1.44. The van der Waals surface area contributed by atoms with Gasteiger partial charge in [-0.1, -0.05) is 19.9 Å². The van der Waals surface area contributed by atoms with Gasteiger partial charge < -0.3 is 10.6 Å². The highest BCUT2D eigenvalue weighted by atomic mass is 32.2. The second-order valence-corrected chi connectivity index (χ2v) is 7.43. The summed E-state index contributed by atoms with van der Waals surface area (Å²) in [6.07, 6.45) is 1.17. The third-order valence-electron chi connectivity index (χ3n) is 2.64. The Labute approximate surface area is 126 Å². The topological polar surface area (TPSA) is 61.4 Å². The fraction of sp³-hybridized carbons (Fsp3) is 0.462. The van der Waals surface area contributed by atoms with Crippen LogP contribution in [-0.2, 0) is 10.0 Å². The van der Waals surface area contributed by atoms with E-state index >= 15 is 0 Å². The molecule has 0 atom stereocenters. The molecule has 0 fully saturated rings. The molecule has 0 aliphatic heterocycles. The lowest BCUT2D eigenvalue weighted by molar-refractivity contribution is 0.600. The Morgan fingerprint density at radius 1 is 1.40 bits per heavy atom. The molecule has 0 unspecified atom stereocenters. The van der Waals surface area contributed by atoms with E-state index < -0.39 is 10.0 Å². The molecule has 0 aliphatic carbocycles. The Morgan fingerprint density at radius 2 is 2.05 bits per heavy atom. The molecule has 0 saturated carbocycles. The van der Waals surface area contributed by atoms with E-state index in [2.05, 4.69) is 24.5 Å². The minimum Gasteiger partial charge on any atom is -0.362 e. The van der Waals surface area contributed by atoms with Crippen LogP contribution in [0.4, 0.5) is 11.4 Å². The van der Waals surface area contributed by atoms with Crippen LogP contribution < -0.4 is 14.9 Å². The standard InChI is InChI=1S/C13H21N3O2S2/c1-10(2)9-14-13(19)15-11-6-5-7-12(8-11)16(3)20(4,17)18/h5-8,10H,9H2,1-4H3,(H2,14,15,19). The number of nitrogens with one attached hydrogen (secondary N) is 2. The van der Waals surface area contributed by atoms with Gasteiger partial charge in [0, 0.05) is 19.3 Å². The van der Waals surface area contributed by atoms with Gasteiger partial charge in [-0.15, -0.1) is 0 Å². The molecular weight excluding hydrogens is 294 g/mol. The van der Waals surface area contributed by atoms with Crippen molar-refractivity contribution in [1.82, 2.24) is 5.32 Å². The Morgan fingerprint density at radius 3 is 2.60 bits per heavy atom. The van der Waals surface area contributed by atoms with Crippen LogP contribution in [0.2, 0.25) is 0 Å². The predicted octanol–water partition coefficient (Wildman–Crippen LogP) is 2.02. The van der Waals surface area contributed by atoms with E-state index in [0.717, 1.165) is 12.2 Å². The van der Waals surface area contributed by atoms with Gasteiger partial charge in [0.25, 0.3) is 0 Å². The number of rotatable bonds is 5. The summed E-state index contributed by atoms with van der Waals surface area (Å²) in [6.45, 7) is 4.98. The zero-order valence-electron chi connectivity index (χ0n) is 12.2. The number of nitrogens with zero attached hydrogens (tertiary/aromatic N) is 1. The highest BCUT2D eigenvalue weighted by Crippen LogP contribution is 2.20. The molecule has 1 aromatic carbocycles. The summed E-state index contributed by atoms with van der Waals surface area (Å²) < 4.78 is 24.2. The first kappa shape index (κ1) is 16.7. The van der Waals surface area contributed by atoms with E-state index in [0.29, 0.717) is 16.7 Å².